The molecule has 6 heteroatoms. The van der Waals surface area contributed by atoms with Crippen molar-refractivity contribution in [1.82, 2.24) is 9.55 Å². The second kappa shape index (κ2) is 4.44. The quantitative estimate of drug-likeness (QED) is 0.754. The Morgan fingerprint density at radius 2 is 2.00 bits per heavy atom. The molecule has 0 unspecified atom stereocenters. The van der Waals surface area contributed by atoms with E-state index in [1.54, 1.807) is 0 Å². The minimum atomic E-state index is 0. The van der Waals surface area contributed by atoms with Crippen molar-refractivity contribution in [2.75, 3.05) is 5.73 Å². The van der Waals surface area contributed by atoms with Gasteiger partial charge in [-0.05, 0) is 62.8 Å². The van der Waals surface area contributed by atoms with Gasteiger partial charge in [0.15, 0.2) is 0 Å². The summed E-state index contributed by atoms with van der Waals surface area (Å²) in [4.78, 5) is 4.48. The van der Waals surface area contributed by atoms with Crippen molar-refractivity contribution in [2.45, 2.75) is 26.3 Å². The van der Waals surface area contributed by atoms with E-state index in [1.165, 1.54) is 11.1 Å². The lowest BCUT2D eigenvalue weighted by atomic mass is 10.0. The molecular formula is C11H12Br2ClN3. The first-order valence-electron chi connectivity index (χ1n) is 5.23. The van der Waals surface area contributed by atoms with Gasteiger partial charge in [-0.25, -0.2) is 4.98 Å². The summed E-state index contributed by atoms with van der Waals surface area (Å²) >= 11 is 7.27. The minimum Gasteiger partial charge on any atom is -0.369 e. The standard InChI is InChI=1S/C11H11Br2N3.ClH/c1-5-7(12)8(13)6-3-2-4-16-10(6)9(5)15-11(16)14;/h2-4H2,1H3,(H2,14,15);1H. The molecular weight excluding hydrogens is 369 g/mol. The SMILES string of the molecule is Cc1c(Br)c(Br)c2c3c1nc(N)n3CCC2.Cl. The van der Waals surface area contributed by atoms with Crippen molar-refractivity contribution in [3.63, 3.8) is 0 Å². The molecule has 1 aliphatic rings. The van der Waals surface area contributed by atoms with Gasteiger partial charge < -0.3 is 10.3 Å². The molecule has 0 amide bonds. The van der Waals surface area contributed by atoms with Crippen LogP contribution in [0, 0.1) is 6.92 Å². The van der Waals surface area contributed by atoms with Crippen molar-refractivity contribution in [3.8, 4) is 0 Å². The number of aryl methyl sites for hydroxylation is 3. The van der Waals surface area contributed by atoms with Gasteiger partial charge in [-0.1, -0.05) is 0 Å². The van der Waals surface area contributed by atoms with Gasteiger partial charge in [0.25, 0.3) is 0 Å². The van der Waals surface area contributed by atoms with E-state index in [9.17, 15) is 0 Å². The highest BCUT2D eigenvalue weighted by Gasteiger charge is 2.22. The Balaban J connectivity index is 0.00000108. The number of rotatable bonds is 0. The van der Waals surface area contributed by atoms with Crippen molar-refractivity contribution >= 4 is 61.2 Å². The molecule has 1 aliphatic heterocycles. The Hall–Kier alpha value is -0.260. The number of halogens is 3. The molecule has 0 aliphatic carbocycles. The lowest BCUT2D eigenvalue weighted by Gasteiger charge is -2.18. The highest BCUT2D eigenvalue weighted by molar-refractivity contribution is 9.13. The summed E-state index contributed by atoms with van der Waals surface area (Å²) in [6, 6.07) is 0. The summed E-state index contributed by atoms with van der Waals surface area (Å²) in [5.74, 6) is 0.629. The largest absolute Gasteiger partial charge is 0.369 e. The number of imidazole rings is 1. The Kier molecular flexibility index (Phi) is 3.45. The zero-order valence-electron chi connectivity index (χ0n) is 9.26. The Labute approximate surface area is 122 Å². The van der Waals surface area contributed by atoms with E-state index in [2.05, 4.69) is 48.3 Å². The predicted octanol–water partition coefficient (Wildman–Crippen LogP) is 3.82. The molecule has 0 saturated carbocycles. The third-order valence-electron chi connectivity index (χ3n) is 3.23. The topological polar surface area (TPSA) is 43.8 Å². The van der Waals surface area contributed by atoms with Gasteiger partial charge >= 0.3 is 0 Å². The summed E-state index contributed by atoms with van der Waals surface area (Å²) in [6.45, 7) is 3.04. The zero-order chi connectivity index (χ0) is 11.4. The summed E-state index contributed by atoms with van der Waals surface area (Å²) in [5, 5.41) is 0. The third kappa shape index (κ3) is 1.71. The highest BCUT2D eigenvalue weighted by Crippen LogP contribution is 2.40. The number of nitrogen functional groups attached to an aromatic ring is 1. The molecule has 17 heavy (non-hydrogen) atoms. The molecule has 1 aromatic heterocycles. The fraction of sp³-hybridized carbons (Fsp3) is 0.364. The summed E-state index contributed by atoms with van der Waals surface area (Å²) in [6.07, 6.45) is 2.21. The number of benzene rings is 1. The molecule has 3 rings (SSSR count). The van der Waals surface area contributed by atoms with Crippen LogP contribution in [0.15, 0.2) is 8.95 Å². The second-order valence-electron chi connectivity index (χ2n) is 4.15. The van der Waals surface area contributed by atoms with Crippen molar-refractivity contribution < 1.29 is 0 Å². The van der Waals surface area contributed by atoms with Crippen molar-refractivity contribution in [3.05, 3.63) is 20.1 Å². The number of hydrogen-bond donors (Lipinski definition) is 1. The van der Waals surface area contributed by atoms with E-state index in [-0.39, 0.29) is 12.4 Å². The van der Waals surface area contributed by atoms with E-state index in [1.807, 2.05) is 0 Å². The van der Waals surface area contributed by atoms with Gasteiger partial charge in [-0.2, -0.15) is 0 Å². The first-order valence-corrected chi connectivity index (χ1v) is 6.82. The van der Waals surface area contributed by atoms with Crippen LogP contribution in [0.1, 0.15) is 17.5 Å². The highest BCUT2D eigenvalue weighted by atomic mass is 79.9. The van der Waals surface area contributed by atoms with Crippen molar-refractivity contribution in [2.24, 2.45) is 0 Å². The molecule has 1 aromatic carbocycles. The molecule has 2 aromatic rings. The van der Waals surface area contributed by atoms with E-state index in [0.29, 0.717) is 5.95 Å². The van der Waals surface area contributed by atoms with E-state index < -0.39 is 0 Å². The van der Waals surface area contributed by atoms with Crippen LogP contribution in [0.2, 0.25) is 0 Å². The van der Waals surface area contributed by atoms with Gasteiger partial charge in [-0.15, -0.1) is 12.4 Å². The van der Waals surface area contributed by atoms with Crippen LogP contribution in [0.4, 0.5) is 5.95 Å². The predicted molar refractivity (Wildman–Crippen MR) is 79.9 cm³/mol. The van der Waals surface area contributed by atoms with E-state index >= 15 is 0 Å². The summed E-state index contributed by atoms with van der Waals surface area (Å²) in [7, 11) is 0. The molecule has 3 nitrogen and oxygen atoms in total. The lowest BCUT2D eigenvalue weighted by Crippen LogP contribution is -2.11. The Morgan fingerprint density at radius 1 is 1.29 bits per heavy atom. The Morgan fingerprint density at radius 3 is 2.71 bits per heavy atom. The monoisotopic (exact) mass is 379 g/mol. The van der Waals surface area contributed by atoms with Gasteiger partial charge in [0.05, 0.1) is 11.0 Å². The average molecular weight is 381 g/mol. The van der Waals surface area contributed by atoms with Crippen LogP contribution in [0.3, 0.4) is 0 Å². The molecule has 2 heterocycles. The van der Waals surface area contributed by atoms with E-state index in [4.69, 9.17) is 5.73 Å². The molecule has 0 fully saturated rings. The fourth-order valence-corrected chi connectivity index (χ4v) is 3.52. The molecule has 92 valence electrons. The average Bonchev–Trinajstić information content (AvgIpc) is 2.63. The summed E-state index contributed by atoms with van der Waals surface area (Å²) < 4.78 is 4.37. The normalized spacial score (nSPS) is 13.8. The fourth-order valence-electron chi connectivity index (χ4n) is 2.41. The number of hydrogen-bond acceptors (Lipinski definition) is 2. The van der Waals surface area contributed by atoms with Crippen LogP contribution >= 0.6 is 44.3 Å². The van der Waals surface area contributed by atoms with E-state index in [0.717, 1.165) is 39.4 Å². The zero-order valence-corrected chi connectivity index (χ0v) is 13.2. The first-order chi connectivity index (χ1) is 7.61. The number of aromatic nitrogens is 2. The van der Waals surface area contributed by atoms with Crippen LogP contribution in [0.25, 0.3) is 11.0 Å². The molecule has 0 radical (unpaired) electrons. The maximum absolute atomic E-state index is 5.96. The molecule has 0 saturated heterocycles. The van der Waals surface area contributed by atoms with Crippen LogP contribution in [-0.4, -0.2) is 9.55 Å². The lowest BCUT2D eigenvalue weighted by molar-refractivity contribution is 0.638. The van der Waals surface area contributed by atoms with Crippen LogP contribution in [-0.2, 0) is 13.0 Å². The first kappa shape index (κ1) is 13.2. The van der Waals surface area contributed by atoms with Gasteiger partial charge in [0.1, 0.15) is 0 Å². The summed E-state index contributed by atoms with van der Waals surface area (Å²) in [5.41, 5.74) is 10.7. The molecule has 2 N–H and O–H groups in total. The Bertz CT molecular complexity index is 607. The van der Waals surface area contributed by atoms with Gasteiger partial charge in [-0.3, -0.25) is 0 Å². The van der Waals surface area contributed by atoms with Crippen LogP contribution < -0.4 is 5.73 Å². The van der Waals surface area contributed by atoms with Gasteiger partial charge in [0.2, 0.25) is 5.95 Å². The van der Waals surface area contributed by atoms with Crippen LogP contribution in [0.5, 0.6) is 0 Å². The number of nitrogens with zero attached hydrogens (tertiary/aromatic N) is 2. The minimum absolute atomic E-state index is 0. The number of anilines is 1. The third-order valence-corrected chi connectivity index (χ3v) is 5.63. The smallest absolute Gasteiger partial charge is 0.201 e. The molecule has 0 bridgehead atoms. The number of nitrogens with two attached hydrogens (primary N) is 1. The molecule has 0 atom stereocenters. The maximum Gasteiger partial charge on any atom is 0.201 e. The second-order valence-corrected chi connectivity index (χ2v) is 5.74. The van der Waals surface area contributed by atoms with Crippen molar-refractivity contribution in [1.29, 1.82) is 0 Å². The molecule has 0 spiro atoms. The maximum atomic E-state index is 5.96. The van der Waals surface area contributed by atoms with Gasteiger partial charge in [0, 0.05) is 15.5 Å².